The normalized spacial score (nSPS) is 15.1. The van der Waals surface area contributed by atoms with E-state index < -0.39 is 18.5 Å². The number of carboxylic acids is 1. The van der Waals surface area contributed by atoms with E-state index in [1.807, 2.05) is 42.5 Å². The quantitative estimate of drug-likeness (QED) is 0.465. The summed E-state index contributed by atoms with van der Waals surface area (Å²) in [5, 5.41) is 10.6. The lowest BCUT2D eigenvalue weighted by Crippen LogP contribution is -2.27. The van der Waals surface area contributed by atoms with E-state index >= 15 is 0 Å². The number of imide groups is 1. The fourth-order valence-corrected chi connectivity index (χ4v) is 4.41. The van der Waals surface area contributed by atoms with Gasteiger partial charge in [-0.1, -0.05) is 52.3 Å². The van der Waals surface area contributed by atoms with Crippen LogP contribution >= 0.6 is 27.7 Å². The predicted octanol–water partition coefficient (Wildman–Crippen LogP) is 5.30. The summed E-state index contributed by atoms with van der Waals surface area (Å²) in [6.07, 6.45) is 1.55. The largest absolute Gasteiger partial charge is 0.481 e. The molecule has 0 aliphatic carbocycles. The fraction of sp³-hybridized carbons (Fsp3) is 0.0870. The molecule has 0 spiro atoms. The van der Waals surface area contributed by atoms with Crippen LogP contribution in [0.15, 0.2) is 70.0 Å². The van der Waals surface area contributed by atoms with Crippen LogP contribution in [0, 0.1) is 0 Å². The highest BCUT2D eigenvalue weighted by Gasteiger charge is 2.35. The van der Waals surface area contributed by atoms with Crippen molar-refractivity contribution in [2.45, 2.75) is 6.54 Å². The number of benzene rings is 3. The average Bonchev–Trinajstić information content (AvgIpc) is 3.00. The molecule has 3 aromatic carbocycles. The topological polar surface area (TPSA) is 83.9 Å². The Hall–Kier alpha value is -3.10. The van der Waals surface area contributed by atoms with E-state index in [9.17, 15) is 14.4 Å². The first-order chi connectivity index (χ1) is 14.9. The number of carbonyl (C=O) groups is 3. The molecule has 0 unspecified atom stereocenters. The van der Waals surface area contributed by atoms with Crippen LogP contribution in [0.5, 0.6) is 5.75 Å². The fourth-order valence-electron chi connectivity index (χ4n) is 3.20. The van der Waals surface area contributed by atoms with Crippen LogP contribution in [0.1, 0.15) is 11.1 Å². The molecule has 8 heteroatoms. The van der Waals surface area contributed by atoms with Gasteiger partial charge in [0.05, 0.1) is 11.4 Å². The lowest BCUT2D eigenvalue weighted by atomic mass is 10.1. The molecule has 1 aliphatic rings. The van der Waals surface area contributed by atoms with Crippen molar-refractivity contribution in [1.82, 2.24) is 4.90 Å². The number of thioether (sulfide) groups is 1. The van der Waals surface area contributed by atoms with Crippen molar-refractivity contribution in [3.05, 3.63) is 81.2 Å². The maximum Gasteiger partial charge on any atom is 0.341 e. The van der Waals surface area contributed by atoms with Crippen molar-refractivity contribution in [2.24, 2.45) is 0 Å². The smallest absolute Gasteiger partial charge is 0.341 e. The number of halogens is 1. The first-order valence-electron chi connectivity index (χ1n) is 9.28. The average molecular weight is 498 g/mol. The van der Waals surface area contributed by atoms with Gasteiger partial charge in [-0.3, -0.25) is 14.5 Å². The van der Waals surface area contributed by atoms with E-state index in [4.69, 9.17) is 9.84 Å². The minimum absolute atomic E-state index is 0.174. The summed E-state index contributed by atoms with van der Waals surface area (Å²) in [7, 11) is 0. The first-order valence-corrected chi connectivity index (χ1v) is 10.9. The van der Waals surface area contributed by atoms with E-state index in [0.29, 0.717) is 11.3 Å². The Bertz CT molecular complexity index is 1240. The molecular weight excluding hydrogens is 482 g/mol. The molecular formula is C23H16BrNO5S. The number of carbonyl (C=O) groups excluding carboxylic acids is 2. The maximum absolute atomic E-state index is 12.9. The van der Waals surface area contributed by atoms with Crippen LogP contribution in [-0.4, -0.2) is 33.7 Å². The number of hydrogen-bond donors (Lipinski definition) is 1. The van der Waals surface area contributed by atoms with E-state index in [2.05, 4.69) is 15.9 Å². The summed E-state index contributed by atoms with van der Waals surface area (Å²) >= 11 is 4.21. The molecule has 156 valence electrons. The number of hydrogen-bond acceptors (Lipinski definition) is 5. The van der Waals surface area contributed by atoms with Crippen molar-refractivity contribution in [3.63, 3.8) is 0 Å². The van der Waals surface area contributed by atoms with Crippen molar-refractivity contribution in [3.8, 4) is 5.75 Å². The van der Waals surface area contributed by atoms with Gasteiger partial charge in [-0.15, -0.1) is 0 Å². The van der Waals surface area contributed by atoms with Crippen LogP contribution in [0.3, 0.4) is 0 Å². The van der Waals surface area contributed by atoms with Crippen molar-refractivity contribution in [1.29, 1.82) is 0 Å². The number of nitrogens with zero attached hydrogens (tertiary/aromatic N) is 1. The Kier molecular flexibility index (Phi) is 6.11. The van der Waals surface area contributed by atoms with Crippen molar-refractivity contribution in [2.75, 3.05) is 6.61 Å². The first kappa shape index (κ1) is 21.1. The molecule has 6 nitrogen and oxygen atoms in total. The third-order valence-electron chi connectivity index (χ3n) is 4.64. The predicted molar refractivity (Wildman–Crippen MR) is 123 cm³/mol. The molecule has 4 rings (SSSR count). The number of carboxylic acid groups (broad SMARTS) is 1. The third kappa shape index (κ3) is 4.81. The molecule has 1 aliphatic heterocycles. The Morgan fingerprint density at radius 3 is 2.61 bits per heavy atom. The molecule has 3 aromatic rings. The van der Waals surface area contributed by atoms with E-state index in [0.717, 1.165) is 32.6 Å². The summed E-state index contributed by atoms with van der Waals surface area (Å²) in [6.45, 7) is -0.334. The zero-order valence-electron chi connectivity index (χ0n) is 16.1. The second-order valence-electron chi connectivity index (χ2n) is 6.81. The van der Waals surface area contributed by atoms with Gasteiger partial charge >= 0.3 is 5.97 Å². The van der Waals surface area contributed by atoms with E-state index in [1.54, 1.807) is 24.3 Å². The minimum atomic E-state index is -1.11. The number of ether oxygens (including phenoxy) is 1. The molecule has 2 amide bonds. The van der Waals surface area contributed by atoms with Crippen LogP contribution in [-0.2, 0) is 16.1 Å². The zero-order chi connectivity index (χ0) is 22.0. The zero-order valence-corrected chi connectivity index (χ0v) is 18.5. The highest BCUT2D eigenvalue weighted by molar-refractivity contribution is 9.10. The summed E-state index contributed by atoms with van der Waals surface area (Å²) in [5.41, 5.74) is 1.36. The van der Waals surface area contributed by atoms with Gasteiger partial charge in [0, 0.05) is 10.0 Å². The van der Waals surface area contributed by atoms with Gasteiger partial charge < -0.3 is 9.84 Å². The molecule has 1 fully saturated rings. The van der Waals surface area contributed by atoms with Crippen LogP contribution in [0.2, 0.25) is 0 Å². The van der Waals surface area contributed by atoms with Crippen molar-refractivity contribution < 1.29 is 24.2 Å². The monoisotopic (exact) mass is 497 g/mol. The molecule has 0 saturated carbocycles. The summed E-state index contributed by atoms with van der Waals surface area (Å²) in [4.78, 5) is 37.7. The van der Waals surface area contributed by atoms with Gasteiger partial charge in [-0.05, 0) is 58.4 Å². The second kappa shape index (κ2) is 8.95. The Balaban J connectivity index is 1.58. The molecule has 0 aromatic heterocycles. The molecule has 1 N–H and O–H groups in total. The van der Waals surface area contributed by atoms with Gasteiger partial charge in [0.1, 0.15) is 5.75 Å². The van der Waals surface area contributed by atoms with E-state index in [-0.39, 0.29) is 16.7 Å². The number of fused-ring (bicyclic) bond motifs is 1. The molecule has 0 radical (unpaired) electrons. The summed E-state index contributed by atoms with van der Waals surface area (Å²) < 4.78 is 6.04. The summed E-state index contributed by atoms with van der Waals surface area (Å²) in [6, 6.07) is 18.7. The Labute approximate surface area is 190 Å². The van der Waals surface area contributed by atoms with Gasteiger partial charge in [-0.25, -0.2) is 4.79 Å². The van der Waals surface area contributed by atoms with Crippen LogP contribution in [0.4, 0.5) is 4.79 Å². The molecule has 0 bridgehead atoms. The van der Waals surface area contributed by atoms with Gasteiger partial charge in [0.2, 0.25) is 0 Å². The highest BCUT2D eigenvalue weighted by atomic mass is 79.9. The van der Waals surface area contributed by atoms with Gasteiger partial charge in [0.25, 0.3) is 11.1 Å². The van der Waals surface area contributed by atoms with Crippen molar-refractivity contribution >= 4 is 61.7 Å². The SMILES string of the molecule is O=C(O)COc1ccc(Br)cc1/C=C1\SC(=O)N(Cc2ccc3ccccc3c2)C1=O. The molecule has 0 atom stereocenters. The van der Waals surface area contributed by atoms with Gasteiger partial charge in [0.15, 0.2) is 6.61 Å². The highest BCUT2D eigenvalue weighted by Crippen LogP contribution is 2.36. The minimum Gasteiger partial charge on any atom is -0.481 e. The van der Waals surface area contributed by atoms with Crippen LogP contribution < -0.4 is 4.74 Å². The lowest BCUT2D eigenvalue weighted by Gasteiger charge is -2.13. The van der Waals surface area contributed by atoms with E-state index in [1.165, 1.54) is 4.90 Å². The maximum atomic E-state index is 12.9. The Morgan fingerprint density at radius 2 is 1.84 bits per heavy atom. The molecule has 1 heterocycles. The number of amides is 2. The van der Waals surface area contributed by atoms with Crippen LogP contribution in [0.25, 0.3) is 16.8 Å². The number of rotatable bonds is 6. The van der Waals surface area contributed by atoms with Gasteiger partial charge in [-0.2, -0.15) is 0 Å². The summed E-state index contributed by atoms with van der Waals surface area (Å²) in [5.74, 6) is -1.19. The Morgan fingerprint density at radius 1 is 1.06 bits per heavy atom. The standard InChI is InChI=1S/C23H16BrNO5S/c24-18-7-8-19(30-13-21(26)27)17(10-18)11-20-22(28)25(23(29)31-20)12-14-5-6-15-3-1-2-4-16(15)9-14/h1-11H,12-13H2,(H,26,27)/b20-11-. The number of aliphatic carboxylic acids is 1. The lowest BCUT2D eigenvalue weighted by molar-refractivity contribution is -0.139. The molecule has 1 saturated heterocycles. The molecule has 31 heavy (non-hydrogen) atoms. The third-order valence-corrected chi connectivity index (χ3v) is 6.04. The second-order valence-corrected chi connectivity index (χ2v) is 8.72.